The maximum Gasteiger partial charge on any atom is 0.287 e. The van der Waals surface area contributed by atoms with Crippen molar-refractivity contribution in [3.05, 3.63) is 23.7 Å². The summed E-state index contributed by atoms with van der Waals surface area (Å²) >= 11 is 0. The van der Waals surface area contributed by atoms with E-state index in [1.807, 2.05) is 0 Å². The summed E-state index contributed by atoms with van der Waals surface area (Å²) in [6, 6.07) is 3.26. The van der Waals surface area contributed by atoms with Gasteiger partial charge in [0.25, 0.3) is 5.91 Å². The third kappa shape index (κ3) is 4.06. The van der Waals surface area contributed by atoms with E-state index in [1.54, 1.807) is 12.1 Å². The molecule has 1 fully saturated rings. The number of furan rings is 1. The molecule has 1 aliphatic rings. The van der Waals surface area contributed by atoms with Crippen molar-refractivity contribution < 1.29 is 19.4 Å². The summed E-state index contributed by atoms with van der Waals surface area (Å²) < 4.78 is 5.26. The summed E-state index contributed by atoms with van der Waals surface area (Å²) in [6.07, 6.45) is 2.12. The number of rotatable bonds is 7. The van der Waals surface area contributed by atoms with Gasteiger partial charge in [-0.25, -0.2) is 0 Å². The maximum absolute atomic E-state index is 12.2. The first-order valence-corrected chi connectivity index (χ1v) is 7.51. The molecule has 6 heteroatoms. The Morgan fingerprint density at radius 2 is 2.24 bits per heavy atom. The highest BCUT2D eigenvalue weighted by atomic mass is 16.4. The molecule has 0 saturated carbocycles. The molecule has 2 heterocycles. The lowest BCUT2D eigenvalue weighted by atomic mass is 9.98. The number of aliphatic hydroxyl groups excluding tert-OH is 2. The zero-order chi connectivity index (χ0) is 15.2. The molecule has 0 bridgehead atoms. The summed E-state index contributed by atoms with van der Waals surface area (Å²) in [4.78, 5) is 14.4. The van der Waals surface area contributed by atoms with E-state index < -0.39 is 0 Å². The van der Waals surface area contributed by atoms with E-state index in [0.29, 0.717) is 18.2 Å². The Morgan fingerprint density at radius 1 is 1.43 bits per heavy atom. The van der Waals surface area contributed by atoms with Gasteiger partial charge in [-0.3, -0.25) is 9.69 Å². The van der Waals surface area contributed by atoms with E-state index in [-0.39, 0.29) is 30.9 Å². The molecule has 0 unspecified atom stereocenters. The second kappa shape index (κ2) is 7.59. The first-order valence-electron chi connectivity index (χ1n) is 7.51. The van der Waals surface area contributed by atoms with Crippen LogP contribution in [0.15, 0.2) is 16.5 Å². The van der Waals surface area contributed by atoms with Gasteiger partial charge in [0.2, 0.25) is 0 Å². The fourth-order valence-electron chi connectivity index (χ4n) is 2.94. The van der Waals surface area contributed by atoms with E-state index in [9.17, 15) is 4.79 Å². The number of β-amino-alcohol motifs (C(OH)–C–C–N with tert-alkyl or cyclic N) is 1. The van der Waals surface area contributed by atoms with Crippen LogP contribution in [0.5, 0.6) is 0 Å². The van der Waals surface area contributed by atoms with Crippen LogP contribution in [0.2, 0.25) is 0 Å². The van der Waals surface area contributed by atoms with Gasteiger partial charge in [0.05, 0.1) is 6.61 Å². The number of nitrogens with one attached hydrogen (secondary N) is 1. The molecule has 21 heavy (non-hydrogen) atoms. The highest BCUT2D eigenvalue weighted by Gasteiger charge is 2.33. The van der Waals surface area contributed by atoms with Gasteiger partial charge in [-0.05, 0) is 24.5 Å². The highest BCUT2D eigenvalue weighted by Crippen LogP contribution is 2.22. The summed E-state index contributed by atoms with van der Waals surface area (Å²) in [5, 5.41) is 21.0. The predicted octanol–water partition coefficient (Wildman–Crippen LogP) is 0.595. The molecule has 1 aromatic heterocycles. The SMILES string of the molecule is CCC[C@H]1CN(CCO)C[C@@H]1NC(=O)c1ccc(CO)o1. The molecule has 1 aromatic rings. The average Bonchev–Trinajstić information content (AvgIpc) is 3.07. The van der Waals surface area contributed by atoms with E-state index in [2.05, 4.69) is 17.1 Å². The molecule has 6 nitrogen and oxygen atoms in total. The van der Waals surface area contributed by atoms with Gasteiger partial charge >= 0.3 is 0 Å². The van der Waals surface area contributed by atoms with Gasteiger partial charge < -0.3 is 19.9 Å². The number of hydrogen-bond donors (Lipinski definition) is 3. The standard InChI is InChI=1S/C15H24N2O4/c1-2-3-11-8-17(6-7-18)9-13(11)16-15(20)14-5-4-12(10-19)21-14/h4-5,11,13,18-19H,2-3,6-10H2,1H3,(H,16,20)/t11-,13-/m0/s1. The number of carbonyl (C=O) groups excluding carboxylic acids is 1. The molecule has 2 atom stereocenters. The van der Waals surface area contributed by atoms with Gasteiger partial charge in [0, 0.05) is 25.7 Å². The van der Waals surface area contributed by atoms with Gasteiger partial charge in [0.15, 0.2) is 5.76 Å². The minimum absolute atomic E-state index is 0.0756. The van der Waals surface area contributed by atoms with E-state index in [1.165, 1.54) is 0 Å². The minimum Gasteiger partial charge on any atom is -0.453 e. The molecular weight excluding hydrogens is 272 g/mol. The molecular formula is C15H24N2O4. The Kier molecular flexibility index (Phi) is 5.78. The molecule has 1 saturated heterocycles. The van der Waals surface area contributed by atoms with Crippen molar-refractivity contribution in [1.29, 1.82) is 0 Å². The van der Waals surface area contributed by atoms with E-state index in [0.717, 1.165) is 25.9 Å². The van der Waals surface area contributed by atoms with Crippen molar-refractivity contribution in [1.82, 2.24) is 10.2 Å². The van der Waals surface area contributed by atoms with Crippen molar-refractivity contribution in [2.75, 3.05) is 26.2 Å². The van der Waals surface area contributed by atoms with E-state index in [4.69, 9.17) is 14.6 Å². The third-order valence-electron chi connectivity index (χ3n) is 3.95. The van der Waals surface area contributed by atoms with Crippen molar-refractivity contribution >= 4 is 5.91 Å². The predicted molar refractivity (Wildman–Crippen MR) is 77.8 cm³/mol. The number of carbonyl (C=O) groups is 1. The average molecular weight is 296 g/mol. The zero-order valence-electron chi connectivity index (χ0n) is 12.4. The topological polar surface area (TPSA) is 85.9 Å². The number of likely N-dealkylation sites (tertiary alicyclic amines) is 1. The van der Waals surface area contributed by atoms with Crippen LogP contribution < -0.4 is 5.32 Å². The fourth-order valence-corrected chi connectivity index (χ4v) is 2.94. The van der Waals surface area contributed by atoms with Crippen molar-refractivity contribution in [2.24, 2.45) is 5.92 Å². The van der Waals surface area contributed by atoms with Crippen LogP contribution in [0.4, 0.5) is 0 Å². The van der Waals surface area contributed by atoms with Crippen LogP contribution in [0.3, 0.4) is 0 Å². The number of amides is 1. The summed E-state index contributed by atoms with van der Waals surface area (Å²) in [7, 11) is 0. The number of hydrogen-bond acceptors (Lipinski definition) is 5. The van der Waals surface area contributed by atoms with Crippen LogP contribution in [-0.4, -0.2) is 53.3 Å². The van der Waals surface area contributed by atoms with Crippen LogP contribution in [0.25, 0.3) is 0 Å². The highest BCUT2D eigenvalue weighted by molar-refractivity contribution is 5.91. The molecule has 0 aromatic carbocycles. The Morgan fingerprint density at radius 3 is 2.86 bits per heavy atom. The minimum atomic E-state index is -0.244. The van der Waals surface area contributed by atoms with Crippen molar-refractivity contribution in [3.63, 3.8) is 0 Å². The number of nitrogens with zero attached hydrogens (tertiary/aromatic N) is 1. The van der Waals surface area contributed by atoms with Crippen molar-refractivity contribution in [3.8, 4) is 0 Å². The zero-order valence-corrected chi connectivity index (χ0v) is 12.4. The van der Waals surface area contributed by atoms with Crippen LogP contribution in [-0.2, 0) is 6.61 Å². The molecule has 118 valence electrons. The van der Waals surface area contributed by atoms with Gasteiger partial charge in [-0.1, -0.05) is 13.3 Å². The third-order valence-corrected chi connectivity index (χ3v) is 3.95. The molecule has 0 spiro atoms. The largest absolute Gasteiger partial charge is 0.453 e. The van der Waals surface area contributed by atoms with Crippen LogP contribution in [0, 0.1) is 5.92 Å². The Hall–Kier alpha value is -1.37. The normalized spacial score (nSPS) is 22.6. The van der Waals surface area contributed by atoms with Crippen LogP contribution >= 0.6 is 0 Å². The lowest BCUT2D eigenvalue weighted by molar-refractivity contribution is 0.0896. The molecule has 1 amide bonds. The van der Waals surface area contributed by atoms with Gasteiger partial charge in [-0.15, -0.1) is 0 Å². The molecule has 0 aliphatic carbocycles. The summed E-state index contributed by atoms with van der Waals surface area (Å²) in [5.41, 5.74) is 0. The lowest BCUT2D eigenvalue weighted by Crippen LogP contribution is -2.40. The number of aliphatic hydroxyl groups is 2. The fraction of sp³-hybridized carbons (Fsp3) is 0.667. The molecule has 1 aliphatic heterocycles. The lowest BCUT2D eigenvalue weighted by Gasteiger charge is -2.18. The van der Waals surface area contributed by atoms with Crippen molar-refractivity contribution in [2.45, 2.75) is 32.4 Å². The summed E-state index contributed by atoms with van der Waals surface area (Å²) in [5.74, 6) is 0.776. The molecule has 0 radical (unpaired) electrons. The molecule has 2 rings (SSSR count). The second-order valence-corrected chi connectivity index (χ2v) is 5.54. The van der Waals surface area contributed by atoms with Crippen LogP contribution in [0.1, 0.15) is 36.1 Å². The Bertz CT molecular complexity index is 460. The van der Waals surface area contributed by atoms with Gasteiger partial charge in [-0.2, -0.15) is 0 Å². The van der Waals surface area contributed by atoms with E-state index >= 15 is 0 Å². The Labute approximate surface area is 124 Å². The monoisotopic (exact) mass is 296 g/mol. The smallest absolute Gasteiger partial charge is 0.287 e. The summed E-state index contributed by atoms with van der Waals surface area (Å²) in [6.45, 7) is 4.36. The second-order valence-electron chi connectivity index (χ2n) is 5.54. The quantitative estimate of drug-likeness (QED) is 0.686. The maximum atomic E-state index is 12.2. The molecule has 3 N–H and O–H groups in total. The Balaban J connectivity index is 1.97. The first-order chi connectivity index (χ1) is 10.2. The van der Waals surface area contributed by atoms with Gasteiger partial charge in [0.1, 0.15) is 12.4 Å². The first kappa shape index (κ1) is 16.0.